The third kappa shape index (κ3) is 4.53. The predicted octanol–water partition coefficient (Wildman–Crippen LogP) is 3.85. The van der Waals surface area contributed by atoms with Crippen LogP contribution in [0.1, 0.15) is 32.4 Å². The molecule has 0 aliphatic heterocycles. The molecule has 1 N–H and O–H groups in total. The minimum atomic E-state index is -0.285. The Labute approximate surface area is 130 Å². The Kier molecular flexibility index (Phi) is 7.10. The Hall–Kier alpha value is -1.00. The molecule has 6 heteroatoms. The number of nitrogens with zero attached hydrogens (tertiary/aromatic N) is 2. The van der Waals surface area contributed by atoms with Gasteiger partial charge in [0.1, 0.15) is 11.6 Å². The van der Waals surface area contributed by atoms with Gasteiger partial charge >= 0.3 is 0 Å². The van der Waals surface area contributed by atoms with Crippen LogP contribution in [-0.2, 0) is 4.79 Å². The maximum atomic E-state index is 11.5. The minimum absolute atomic E-state index is 0.106. The molecular weight excluding hydrogens is 297 g/mol. The van der Waals surface area contributed by atoms with E-state index in [1.54, 1.807) is 0 Å². The highest BCUT2D eigenvalue weighted by Gasteiger charge is 2.16. The van der Waals surface area contributed by atoms with Gasteiger partial charge in [0.15, 0.2) is 5.15 Å². The quantitative estimate of drug-likeness (QED) is 0.613. The fraction of sp³-hybridized carbons (Fsp3) is 0.571. The summed E-state index contributed by atoms with van der Waals surface area (Å²) < 4.78 is 0. The maximum Gasteiger partial charge on any atom is 0.239 e. The maximum absolute atomic E-state index is 11.5. The first kappa shape index (κ1) is 17.1. The second kappa shape index (κ2) is 8.32. The highest BCUT2D eigenvalue weighted by atomic mass is 35.5. The average molecular weight is 318 g/mol. The number of hydrogen-bond acceptors (Lipinski definition) is 3. The average Bonchev–Trinajstić information content (AvgIpc) is 2.42. The van der Waals surface area contributed by atoms with Crippen molar-refractivity contribution in [2.45, 2.75) is 33.6 Å². The number of carbonyl (C=O) groups excluding carboxylic acids is 1. The number of aromatic nitrogens is 1. The molecule has 0 aromatic carbocycles. The topological polar surface area (TPSA) is 45.2 Å². The summed E-state index contributed by atoms with van der Waals surface area (Å²) in [7, 11) is 0. The van der Waals surface area contributed by atoms with Gasteiger partial charge in [-0.2, -0.15) is 0 Å². The lowest BCUT2D eigenvalue weighted by Gasteiger charge is -2.26. The summed E-state index contributed by atoms with van der Waals surface area (Å²) in [6.07, 6.45) is 2.19. The Morgan fingerprint density at radius 3 is 2.70 bits per heavy atom. The second-order valence-electron chi connectivity index (χ2n) is 4.56. The van der Waals surface area contributed by atoms with E-state index >= 15 is 0 Å². The van der Waals surface area contributed by atoms with Gasteiger partial charge in [0.25, 0.3) is 0 Å². The summed E-state index contributed by atoms with van der Waals surface area (Å²) >= 11 is 11.7. The summed E-state index contributed by atoms with van der Waals surface area (Å²) in [5.74, 6) is -0.392. The Morgan fingerprint density at radius 1 is 1.45 bits per heavy atom. The van der Waals surface area contributed by atoms with Crippen LogP contribution in [0.3, 0.4) is 0 Å². The first-order valence-electron chi connectivity index (χ1n) is 6.81. The van der Waals surface area contributed by atoms with Crippen molar-refractivity contribution in [2.24, 2.45) is 0 Å². The zero-order valence-corrected chi connectivity index (χ0v) is 13.7. The van der Waals surface area contributed by atoms with Gasteiger partial charge in [-0.1, -0.05) is 24.9 Å². The molecule has 0 atom stereocenters. The number of hydrogen-bond donors (Lipinski definition) is 1. The molecule has 0 radical (unpaired) electrons. The van der Waals surface area contributed by atoms with E-state index in [1.165, 1.54) is 0 Å². The molecule has 4 nitrogen and oxygen atoms in total. The number of halogens is 2. The number of nitrogens with one attached hydrogen (secondary N) is 1. The van der Waals surface area contributed by atoms with Crippen molar-refractivity contribution in [1.29, 1.82) is 0 Å². The molecule has 1 aromatic heterocycles. The van der Waals surface area contributed by atoms with Crippen LogP contribution in [-0.4, -0.2) is 29.9 Å². The largest absolute Gasteiger partial charge is 0.370 e. The van der Waals surface area contributed by atoms with E-state index in [4.69, 9.17) is 23.2 Å². The van der Waals surface area contributed by atoms with Gasteiger partial charge in [0.05, 0.1) is 5.69 Å². The van der Waals surface area contributed by atoms with Crippen molar-refractivity contribution in [3.63, 3.8) is 0 Å². The molecule has 0 fully saturated rings. The molecule has 1 aromatic rings. The molecule has 0 saturated heterocycles. The van der Waals surface area contributed by atoms with Crippen molar-refractivity contribution in [3.05, 3.63) is 16.9 Å². The Balaban J connectivity index is 3.16. The van der Waals surface area contributed by atoms with Crippen LogP contribution in [0, 0.1) is 6.92 Å². The molecule has 1 heterocycles. The van der Waals surface area contributed by atoms with E-state index in [9.17, 15) is 4.79 Å². The van der Waals surface area contributed by atoms with Gasteiger partial charge in [0.2, 0.25) is 5.91 Å². The monoisotopic (exact) mass is 317 g/mol. The molecule has 0 saturated carbocycles. The Morgan fingerprint density at radius 2 is 2.15 bits per heavy atom. The van der Waals surface area contributed by atoms with Crippen molar-refractivity contribution in [3.8, 4) is 0 Å². The number of alkyl halides is 1. The van der Waals surface area contributed by atoms with Gasteiger partial charge in [0, 0.05) is 18.8 Å². The van der Waals surface area contributed by atoms with Crippen LogP contribution in [0.4, 0.5) is 11.4 Å². The van der Waals surface area contributed by atoms with Gasteiger partial charge in [-0.3, -0.25) is 4.79 Å². The number of pyridine rings is 1. The van der Waals surface area contributed by atoms with Crippen LogP contribution in [0.25, 0.3) is 0 Å². The van der Waals surface area contributed by atoms with Gasteiger partial charge in [-0.25, -0.2) is 4.98 Å². The SMILES string of the molecule is CCCCN(CC)c1cc(C)nc(Cl)c1NC(=O)CCl. The lowest BCUT2D eigenvalue weighted by atomic mass is 10.2. The molecule has 112 valence electrons. The summed E-state index contributed by atoms with van der Waals surface area (Å²) in [5.41, 5.74) is 2.27. The van der Waals surface area contributed by atoms with Crippen LogP contribution < -0.4 is 10.2 Å². The van der Waals surface area contributed by atoms with E-state index < -0.39 is 0 Å². The van der Waals surface area contributed by atoms with Crippen molar-refractivity contribution >= 4 is 40.5 Å². The highest BCUT2D eigenvalue weighted by Crippen LogP contribution is 2.33. The van der Waals surface area contributed by atoms with Crippen molar-refractivity contribution in [2.75, 3.05) is 29.2 Å². The standard InChI is InChI=1S/C14H21Cl2N3O/c1-4-6-7-19(5-2)11-8-10(3)17-14(16)13(11)18-12(20)9-15/h8H,4-7,9H2,1-3H3,(H,18,20). The molecule has 0 spiro atoms. The number of amides is 1. The van der Waals surface area contributed by atoms with E-state index in [2.05, 4.69) is 29.0 Å². The number of aryl methyl sites for hydroxylation is 1. The van der Waals surface area contributed by atoms with Gasteiger partial charge in [-0.05, 0) is 26.3 Å². The van der Waals surface area contributed by atoms with Crippen LogP contribution >= 0.6 is 23.2 Å². The zero-order chi connectivity index (χ0) is 15.1. The zero-order valence-electron chi connectivity index (χ0n) is 12.2. The molecule has 0 aliphatic carbocycles. The predicted molar refractivity (Wildman–Crippen MR) is 86.1 cm³/mol. The minimum Gasteiger partial charge on any atom is -0.370 e. The first-order chi connectivity index (χ1) is 9.53. The summed E-state index contributed by atoms with van der Waals surface area (Å²) in [5, 5.41) is 3.04. The number of unbranched alkanes of at least 4 members (excludes halogenated alkanes) is 1. The van der Waals surface area contributed by atoms with E-state index in [0.29, 0.717) is 10.8 Å². The van der Waals surface area contributed by atoms with E-state index in [0.717, 1.165) is 37.3 Å². The van der Waals surface area contributed by atoms with Gasteiger partial charge < -0.3 is 10.2 Å². The third-order valence-corrected chi connectivity index (χ3v) is 3.49. The van der Waals surface area contributed by atoms with E-state index in [1.807, 2.05) is 13.0 Å². The third-order valence-electron chi connectivity index (χ3n) is 2.97. The van der Waals surface area contributed by atoms with Crippen molar-refractivity contribution < 1.29 is 4.79 Å². The molecule has 0 unspecified atom stereocenters. The fourth-order valence-electron chi connectivity index (χ4n) is 1.95. The summed E-state index contributed by atoms with van der Waals surface area (Å²) in [6.45, 7) is 7.86. The molecule has 0 bridgehead atoms. The van der Waals surface area contributed by atoms with Crippen LogP contribution in [0.5, 0.6) is 0 Å². The molecule has 1 rings (SSSR count). The van der Waals surface area contributed by atoms with Gasteiger partial charge in [-0.15, -0.1) is 11.6 Å². The molecule has 0 aliphatic rings. The molecule has 20 heavy (non-hydrogen) atoms. The second-order valence-corrected chi connectivity index (χ2v) is 5.19. The highest BCUT2D eigenvalue weighted by molar-refractivity contribution is 6.34. The number of rotatable bonds is 7. The normalized spacial score (nSPS) is 10.4. The Bertz CT molecular complexity index is 466. The van der Waals surface area contributed by atoms with Crippen LogP contribution in [0.15, 0.2) is 6.07 Å². The first-order valence-corrected chi connectivity index (χ1v) is 7.72. The lowest BCUT2D eigenvalue weighted by molar-refractivity contribution is -0.113. The molecule has 1 amide bonds. The number of carbonyl (C=O) groups is 1. The summed E-state index contributed by atoms with van der Waals surface area (Å²) in [4.78, 5) is 17.9. The number of anilines is 2. The molecular formula is C14H21Cl2N3O. The summed E-state index contributed by atoms with van der Waals surface area (Å²) in [6, 6.07) is 1.94. The smallest absolute Gasteiger partial charge is 0.239 e. The van der Waals surface area contributed by atoms with E-state index in [-0.39, 0.29) is 11.8 Å². The fourth-order valence-corrected chi connectivity index (χ4v) is 2.30. The van der Waals surface area contributed by atoms with Crippen molar-refractivity contribution in [1.82, 2.24) is 4.98 Å². The van der Waals surface area contributed by atoms with Crippen LogP contribution in [0.2, 0.25) is 5.15 Å². The lowest BCUT2D eigenvalue weighted by Crippen LogP contribution is -2.26.